The number of hydrogen-bond acceptors (Lipinski definition) is 6. The number of hydrogen-bond donors (Lipinski definition) is 1. The third-order valence-electron chi connectivity index (χ3n) is 3.66. The largest absolute Gasteiger partial charge is 0.381 e. The van der Waals surface area contributed by atoms with Gasteiger partial charge in [-0.05, 0) is 25.0 Å². The molecule has 0 unspecified atom stereocenters. The minimum atomic E-state index is -0.240. The summed E-state index contributed by atoms with van der Waals surface area (Å²) in [6, 6.07) is 3.71. The van der Waals surface area contributed by atoms with Crippen LogP contribution >= 0.6 is 0 Å². The highest BCUT2D eigenvalue weighted by atomic mass is 16.5. The zero-order valence-electron chi connectivity index (χ0n) is 10.6. The summed E-state index contributed by atoms with van der Waals surface area (Å²) in [6.45, 7) is 1.86. The van der Waals surface area contributed by atoms with Gasteiger partial charge in [0.05, 0.1) is 5.41 Å². The predicted octanol–water partition coefficient (Wildman–Crippen LogP) is 1.14. The van der Waals surface area contributed by atoms with Crippen molar-refractivity contribution in [1.82, 2.24) is 15.1 Å². The number of pyridine rings is 1. The van der Waals surface area contributed by atoms with E-state index in [1.165, 1.54) is 0 Å². The average molecular weight is 260 g/mol. The number of aromatic nitrogens is 3. The van der Waals surface area contributed by atoms with Crippen molar-refractivity contribution in [3.63, 3.8) is 0 Å². The standard InChI is InChI=1S/C13H16N4O2/c14-9-13(3-7-18-8-4-13)12-16-11(17-19-12)10-1-5-15-6-2-10/h1-2,5-6H,3-4,7-9,14H2. The zero-order chi connectivity index (χ0) is 13.1. The molecule has 1 fully saturated rings. The van der Waals surface area contributed by atoms with Gasteiger partial charge >= 0.3 is 0 Å². The molecule has 6 heteroatoms. The number of ether oxygens (including phenoxy) is 1. The first-order chi connectivity index (χ1) is 9.34. The summed E-state index contributed by atoms with van der Waals surface area (Å²) in [5.74, 6) is 1.20. The molecule has 3 rings (SSSR count). The topological polar surface area (TPSA) is 87.1 Å². The summed E-state index contributed by atoms with van der Waals surface area (Å²) >= 11 is 0. The first-order valence-electron chi connectivity index (χ1n) is 6.36. The average Bonchev–Trinajstić information content (AvgIpc) is 2.99. The van der Waals surface area contributed by atoms with Gasteiger partial charge in [0.25, 0.3) is 0 Å². The lowest BCUT2D eigenvalue weighted by Crippen LogP contribution is -2.40. The fourth-order valence-electron chi connectivity index (χ4n) is 2.32. The molecule has 2 aromatic heterocycles. The van der Waals surface area contributed by atoms with Gasteiger partial charge in [-0.2, -0.15) is 4.98 Å². The van der Waals surface area contributed by atoms with E-state index in [1.54, 1.807) is 12.4 Å². The van der Waals surface area contributed by atoms with Crippen LogP contribution in [0.3, 0.4) is 0 Å². The van der Waals surface area contributed by atoms with Gasteiger partial charge < -0.3 is 15.0 Å². The Morgan fingerprint density at radius 3 is 2.63 bits per heavy atom. The van der Waals surface area contributed by atoms with Crippen molar-refractivity contribution in [2.45, 2.75) is 18.3 Å². The molecule has 19 heavy (non-hydrogen) atoms. The van der Waals surface area contributed by atoms with E-state index < -0.39 is 0 Å². The van der Waals surface area contributed by atoms with Crippen molar-refractivity contribution < 1.29 is 9.26 Å². The predicted molar refractivity (Wildman–Crippen MR) is 68.3 cm³/mol. The fraction of sp³-hybridized carbons (Fsp3) is 0.462. The molecule has 0 amide bonds. The maximum atomic E-state index is 5.92. The van der Waals surface area contributed by atoms with E-state index in [-0.39, 0.29) is 5.41 Å². The van der Waals surface area contributed by atoms with Gasteiger partial charge in [0.1, 0.15) is 0 Å². The summed E-state index contributed by atoms with van der Waals surface area (Å²) in [4.78, 5) is 8.48. The lowest BCUT2D eigenvalue weighted by molar-refractivity contribution is 0.0409. The first-order valence-corrected chi connectivity index (χ1v) is 6.36. The van der Waals surface area contributed by atoms with Gasteiger partial charge in [-0.1, -0.05) is 5.16 Å². The second-order valence-corrected chi connectivity index (χ2v) is 4.76. The van der Waals surface area contributed by atoms with Crippen LogP contribution in [0.25, 0.3) is 11.4 Å². The van der Waals surface area contributed by atoms with Gasteiger partial charge in [0, 0.05) is 37.7 Å². The van der Waals surface area contributed by atoms with Crippen LogP contribution in [0.15, 0.2) is 29.0 Å². The Morgan fingerprint density at radius 1 is 1.21 bits per heavy atom. The van der Waals surface area contributed by atoms with Crippen LogP contribution in [-0.4, -0.2) is 34.9 Å². The maximum Gasteiger partial charge on any atom is 0.234 e. The van der Waals surface area contributed by atoms with E-state index in [0.29, 0.717) is 31.5 Å². The fourth-order valence-corrected chi connectivity index (χ4v) is 2.32. The normalized spacial score (nSPS) is 18.4. The number of rotatable bonds is 3. The van der Waals surface area contributed by atoms with Crippen molar-refractivity contribution >= 4 is 0 Å². The summed E-state index contributed by atoms with van der Waals surface area (Å²) < 4.78 is 10.8. The van der Waals surface area contributed by atoms with Crippen molar-refractivity contribution in [3.05, 3.63) is 30.4 Å². The van der Waals surface area contributed by atoms with E-state index in [1.807, 2.05) is 12.1 Å². The number of nitrogens with two attached hydrogens (primary N) is 1. The summed E-state index contributed by atoms with van der Waals surface area (Å²) in [6.07, 6.45) is 5.06. The molecule has 1 saturated heterocycles. The third-order valence-corrected chi connectivity index (χ3v) is 3.66. The Kier molecular flexibility index (Phi) is 3.27. The van der Waals surface area contributed by atoms with Gasteiger partial charge in [-0.25, -0.2) is 0 Å². The van der Waals surface area contributed by atoms with E-state index in [2.05, 4.69) is 15.1 Å². The van der Waals surface area contributed by atoms with Crippen molar-refractivity contribution in [2.75, 3.05) is 19.8 Å². The van der Waals surface area contributed by atoms with E-state index in [0.717, 1.165) is 18.4 Å². The molecule has 0 aliphatic carbocycles. The van der Waals surface area contributed by atoms with Crippen LogP contribution in [0, 0.1) is 0 Å². The minimum absolute atomic E-state index is 0.240. The smallest absolute Gasteiger partial charge is 0.234 e. The van der Waals surface area contributed by atoms with Crippen LogP contribution in [-0.2, 0) is 10.2 Å². The van der Waals surface area contributed by atoms with Crippen molar-refractivity contribution in [2.24, 2.45) is 5.73 Å². The highest BCUT2D eigenvalue weighted by Crippen LogP contribution is 2.33. The Hall–Kier alpha value is -1.79. The molecular weight excluding hydrogens is 244 g/mol. The molecule has 2 N–H and O–H groups in total. The van der Waals surface area contributed by atoms with E-state index >= 15 is 0 Å². The summed E-state index contributed by atoms with van der Waals surface area (Å²) in [7, 11) is 0. The molecule has 0 atom stereocenters. The van der Waals surface area contributed by atoms with E-state index in [4.69, 9.17) is 15.0 Å². The molecule has 1 aliphatic rings. The lowest BCUT2D eigenvalue weighted by atomic mass is 9.80. The van der Waals surface area contributed by atoms with Gasteiger partial charge in [0.15, 0.2) is 0 Å². The maximum absolute atomic E-state index is 5.92. The molecule has 100 valence electrons. The molecule has 0 spiro atoms. The van der Waals surface area contributed by atoms with E-state index in [9.17, 15) is 0 Å². The Bertz CT molecular complexity index is 535. The second-order valence-electron chi connectivity index (χ2n) is 4.76. The van der Waals surface area contributed by atoms with Crippen LogP contribution < -0.4 is 5.73 Å². The van der Waals surface area contributed by atoms with Crippen LogP contribution in [0.5, 0.6) is 0 Å². The first kappa shape index (κ1) is 12.3. The van der Waals surface area contributed by atoms with Gasteiger partial charge in [-0.3, -0.25) is 4.98 Å². The molecular formula is C13H16N4O2. The number of nitrogens with zero attached hydrogens (tertiary/aromatic N) is 3. The minimum Gasteiger partial charge on any atom is -0.381 e. The van der Waals surface area contributed by atoms with Gasteiger partial charge in [-0.15, -0.1) is 0 Å². The zero-order valence-corrected chi connectivity index (χ0v) is 10.6. The summed E-state index contributed by atoms with van der Waals surface area (Å²) in [5, 5.41) is 4.04. The highest BCUT2D eigenvalue weighted by Gasteiger charge is 2.38. The van der Waals surface area contributed by atoms with Crippen molar-refractivity contribution in [3.8, 4) is 11.4 Å². The van der Waals surface area contributed by atoms with Crippen LogP contribution in [0.2, 0.25) is 0 Å². The molecule has 0 bridgehead atoms. The van der Waals surface area contributed by atoms with Crippen LogP contribution in [0.4, 0.5) is 0 Å². The lowest BCUT2D eigenvalue weighted by Gasteiger charge is -2.32. The Balaban J connectivity index is 1.92. The molecule has 6 nitrogen and oxygen atoms in total. The van der Waals surface area contributed by atoms with Gasteiger partial charge in [0.2, 0.25) is 11.7 Å². The molecule has 0 aromatic carbocycles. The molecule has 2 aromatic rings. The molecule has 0 saturated carbocycles. The Morgan fingerprint density at radius 2 is 1.95 bits per heavy atom. The quantitative estimate of drug-likeness (QED) is 0.890. The molecule has 0 radical (unpaired) electrons. The van der Waals surface area contributed by atoms with Crippen LogP contribution in [0.1, 0.15) is 18.7 Å². The Labute approximate surface area is 111 Å². The summed E-state index contributed by atoms with van der Waals surface area (Å²) in [5.41, 5.74) is 6.58. The third kappa shape index (κ3) is 2.24. The second kappa shape index (κ2) is 5.07. The molecule has 3 heterocycles. The SMILES string of the molecule is NCC1(c2nc(-c3ccncc3)no2)CCOCC1. The molecule has 1 aliphatic heterocycles. The van der Waals surface area contributed by atoms with Crippen molar-refractivity contribution in [1.29, 1.82) is 0 Å². The monoisotopic (exact) mass is 260 g/mol. The highest BCUT2D eigenvalue weighted by molar-refractivity contribution is 5.52.